The summed E-state index contributed by atoms with van der Waals surface area (Å²) in [6, 6.07) is 23.0. The highest BCUT2D eigenvalue weighted by molar-refractivity contribution is 7.21. The highest BCUT2D eigenvalue weighted by Crippen LogP contribution is 2.34. The van der Waals surface area contributed by atoms with E-state index in [1.807, 2.05) is 54.6 Å². The number of hydrogen-bond acceptors (Lipinski definition) is 5. The van der Waals surface area contributed by atoms with Gasteiger partial charge in [-0.25, -0.2) is 4.98 Å². The van der Waals surface area contributed by atoms with E-state index >= 15 is 0 Å². The largest absolute Gasteiger partial charge is 0.505 e. The minimum absolute atomic E-state index is 0.174. The Hall–Kier alpha value is -4.10. The molecule has 0 unspecified atom stereocenters. The molecule has 3 aromatic carbocycles. The molecule has 0 radical (unpaired) electrons. The van der Waals surface area contributed by atoms with Gasteiger partial charge in [-0.15, -0.1) is 11.3 Å². The van der Waals surface area contributed by atoms with E-state index in [1.54, 1.807) is 23.5 Å². The number of amides is 1. The van der Waals surface area contributed by atoms with Crippen molar-refractivity contribution in [2.45, 2.75) is 13.3 Å². The van der Waals surface area contributed by atoms with Gasteiger partial charge in [0.1, 0.15) is 10.6 Å². The Morgan fingerprint density at radius 3 is 2.55 bits per heavy atom. The first-order valence-electron chi connectivity index (χ1n) is 10.4. The van der Waals surface area contributed by atoms with Gasteiger partial charge in [-0.05, 0) is 54.4 Å². The number of fused-ring (bicyclic) bond motifs is 1. The van der Waals surface area contributed by atoms with Crippen molar-refractivity contribution in [3.05, 3.63) is 95.2 Å². The summed E-state index contributed by atoms with van der Waals surface area (Å²) < 4.78 is 1.13. The molecule has 5 rings (SSSR count). The lowest BCUT2D eigenvalue weighted by molar-refractivity contribution is 0.102. The molecule has 7 heteroatoms. The minimum atomic E-state index is -0.594. The molecule has 0 fully saturated rings. The molecular weight excluding hydrogens is 434 g/mol. The van der Waals surface area contributed by atoms with Crippen LogP contribution in [0.25, 0.3) is 20.8 Å². The summed E-state index contributed by atoms with van der Waals surface area (Å²) in [6.07, 6.45) is 0.365. The molecule has 0 aliphatic heterocycles. The van der Waals surface area contributed by atoms with Crippen LogP contribution in [0.15, 0.2) is 72.8 Å². The summed E-state index contributed by atoms with van der Waals surface area (Å²) in [5, 5.41) is 24.4. The number of carbonyl (C=O) groups excluding carboxylic acids is 1. The van der Waals surface area contributed by atoms with E-state index < -0.39 is 5.91 Å². The number of anilines is 1. The van der Waals surface area contributed by atoms with Gasteiger partial charge < -0.3 is 20.5 Å². The first-order valence-corrected chi connectivity index (χ1v) is 11.3. The van der Waals surface area contributed by atoms with Crippen molar-refractivity contribution in [1.82, 2.24) is 9.97 Å². The van der Waals surface area contributed by atoms with Gasteiger partial charge in [0, 0.05) is 17.7 Å². The minimum Gasteiger partial charge on any atom is -0.505 e. The van der Waals surface area contributed by atoms with Gasteiger partial charge in [0.2, 0.25) is 5.88 Å². The lowest BCUT2D eigenvalue weighted by atomic mass is 10.1. The first-order chi connectivity index (χ1) is 16.0. The van der Waals surface area contributed by atoms with Gasteiger partial charge in [0.25, 0.3) is 5.91 Å². The van der Waals surface area contributed by atoms with E-state index in [9.17, 15) is 15.0 Å². The Kier molecular flexibility index (Phi) is 5.32. The first kappa shape index (κ1) is 20.8. The third kappa shape index (κ3) is 4.18. The van der Waals surface area contributed by atoms with E-state index in [2.05, 4.69) is 28.3 Å². The van der Waals surface area contributed by atoms with E-state index in [0.717, 1.165) is 26.4 Å². The molecule has 4 N–H and O–H groups in total. The van der Waals surface area contributed by atoms with E-state index in [0.29, 0.717) is 17.8 Å². The molecule has 2 aromatic heterocycles. The molecule has 0 aliphatic rings. The van der Waals surface area contributed by atoms with Crippen molar-refractivity contribution in [3.63, 3.8) is 0 Å². The second-order valence-electron chi connectivity index (χ2n) is 7.86. The average molecular weight is 456 g/mol. The van der Waals surface area contributed by atoms with Gasteiger partial charge in [0.05, 0.1) is 15.9 Å². The molecule has 5 aromatic rings. The molecule has 0 spiro atoms. The number of thiazole rings is 1. The molecular formula is C26H21N3O3S. The molecule has 2 heterocycles. The zero-order valence-corrected chi connectivity index (χ0v) is 18.6. The van der Waals surface area contributed by atoms with Crippen molar-refractivity contribution in [2.75, 3.05) is 5.32 Å². The van der Waals surface area contributed by atoms with Crippen molar-refractivity contribution in [3.8, 4) is 22.2 Å². The summed E-state index contributed by atoms with van der Waals surface area (Å²) >= 11 is 1.62. The lowest BCUT2D eigenvalue weighted by Crippen LogP contribution is -2.11. The van der Waals surface area contributed by atoms with Gasteiger partial charge in [-0.2, -0.15) is 0 Å². The van der Waals surface area contributed by atoms with Crippen molar-refractivity contribution < 1.29 is 15.0 Å². The van der Waals surface area contributed by atoms with Gasteiger partial charge >= 0.3 is 0 Å². The smallest absolute Gasteiger partial charge is 0.264 e. The molecule has 0 bridgehead atoms. The van der Waals surface area contributed by atoms with Gasteiger partial charge in [-0.3, -0.25) is 4.79 Å². The van der Waals surface area contributed by atoms with Crippen LogP contribution in [0, 0.1) is 6.92 Å². The number of rotatable bonds is 5. The van der Waals surface area contributed by atoms with Crippen LogP contribution in [0.3, 0.4) is 0 Å². The Bertz CT molecular complexity index is 1450. The number of aromatic amines is 1. The molecule has 0 saturated heterocycles. The fraction of sp³-hybridized carbons (Fsp3) is 0.0769. The van der Waals surface area contributed by atoms with E-state index in [-0.39, 0.29) is 17.2 Å². The van der Waals surface area contributed by atoms with Crippen LogP contribution < -0.4 is 5.32 Å². The van der Waals surface area contributed by atoms with Crippen LogP contribution in [-0.2, 0) is 6.42 Å². The molecule has 0 saturated carbocycles. The topological polar surface area (TPSA) is 98.2 Å². The fourth-order valence-electron chi connectivity index (χ4n) is 3.72. The maximum absolute atomic E-state index is 12.8. The van der Waals surface area contributed by atoms with Gasteiger partial charge in [0.15, 0.2) is 5.75 Å². The number of H-pyrrole nitrogens is 1. The number of nitrogens with zero attached hydrogens (tertiary/aromatic N) is 1. The standard InChI is InChI=1S/C26H21N3O3S/c1-15-7-12-19-21(13-15)33-26(29-19)17-8-10-18(11-9-17)27-24(31)22-23(30)20(28-25(22)32)14-16-5-3-2-4-6-16/h2-13,28,30,32H,14H2,1H3,(H,27,31). The van der Waals surface area contributed by atoms with Crippen LogP contribution in [0.1, 0.15) is 27.2 Å². The van der Waals surface area contributed by atoms with Crippen molar-refractivity contribution in [1.29, 1.82) is 0 Å². The van der Waals surface area contributed by atoms with Crippen molar-refractivity contribution >= 4 is 33.1 Å². The average Bonchev–Trinajstić information content (AvgIpc) is 3.34. The Morgan fingerprint density at radius 2 is 1.79 bits per heavy atom. The van der Waals surface area contributed by atoms with Crippen molar-refractivity contribution in [2.24, 2.45) is 0 Å². The van der Waals surface area contributed by atoms with Gasteiger partial charge in [-0.1, -0.05) is 36.4 Å². The second kappa shape index (κ2) is 8.44. The lowest BCUT2D eigenvalue weighted by Gasteiger charge is -2.06. The predicted octanol–water partition coefficient (Wildman–Crippen LogP) is 5.85. The highest BCUT2D eigenvalue weighted by Gasteiger charge is 2.23. The summed E-state index contributed by atoms with van der Waals surface area (Å²) in [5.41, 5.74) is 4.80. The van der Waals surface area contributed by atoms with E-state index in [1.165, 1.54) is 5.56 Å². The highest BCUT2D eigenvalue weighted by atomic mass is 32.1. The number of aryl methyl sites for hydroxylation is 1. The number of aromatic hydroxyl groups is 2. The second-order valence-corrected chi connectivity index (χ2v) is 8.89. The van der Waals surface area contributed by atoms with Crippen LogP contribution in [0.2, 0.25) is 0 Å². The van der Waals surface area contributed by atoms with Crippen LogP contribution >= 0.6 is 11.3 Å². The Balaban J connectivity index is 1.33. The van der Waals surface area contributed by atoms with Crippen LogP contribution in [0.5, 0.6) is 11.6 Å². The zero-order valence-electron chi connectivity index (χ0n) is 17.8. The number of carbonyl (C=O) groups is 1. The van der Waals surface area contributed by atoms with E-state index in [4.69, 9.17) is 0 Å². The maximum atomic E-state index is 12.8. The maximum Gasteiger partial charge on any atom is 0.264 e. The Labute approximate surface area is 194 Å². The zero-order chi connectivity index (χ0) is 22.9. The summed E-state index contributed by atoms with van der Waals surface area (Å²) in [6.45, 7) is 2.06. The molecule has 0 atom stereocenters. The SMILES string of the molecule is Cc1ccc2nc(-c3ccc(NC(=O)c4c(O)[nH]c(Cc5ccccc5)c4O)cc3)sc2c1. The summed E-state index contributed by atoms with van der Waals surface area (Å²) in [4.78, 5) is 20.2. The number of hydrogen-bond donors (Lipinski definition) is 4. The fourth-order valence-corrected chi connectivity index (χ4v) is 4.78. The molecule has 33 heavy (non-hydrogen) atoms. The molecule has 0 aliphatic carbocycles. The summed E-state index contributed by atoms with van der Waals surface area (Å²) in [5.74, 6) is -1.21. The normalized spacial score (nSPS) is 11.1. The monoisotopic (exact) mass is 455 g/mol. The quantitative estimate of drug-likeness (QED) is 0.267. The molecule has 164 valence electrons. The number of benzene rings is 3. The molecule has 1 amide bonds. The number of nitrogens with one attached hydrogen (secondary N) is 2. The predicted molar refractivity (Wildman–Crippen MR) is 131 cm³/mol. The van der Waals surface area contributed by atoms with Crippen LogP contribution in [-0.4, -0.2) is 26.1 Å². The third-order valence-electron chi connectivity index (χ3n) is 5.41. The van der Waals surface area contributed by atoms with Crippen LogP contribution in [0.4, 0.5) is 5.69 Å². The Morgan fingerprint density at radius 1 is 1.03 bits per heavy atom. The third-order valence-corrected chi connectivity index (χ3v) is 6.48. The molecule has 6 nitrogen and oxygen atoms in total. The number of aromatic nitrogens is 2. The summed E-state index contributed by atoms with van der Waals surface area (Å²) in [7, 11) is 0.